The lowest BCUT2D eigenvalue weighted by Gasteiger charge is -2.39. The molecule has 0 radical (unpaired) electrons. The Labute approximate surface area is 70.4 Å². The van der Waals surface area contributed by atoms with Gasteiger partial charge in [0, 0.05) is 0 Å². The van der Waals surface area contributed by atoms with Crippen LogP contribution in [-0.2, 0) is 0 Å². The number of fused-ring (bicyclic) bond motifs is 4. The second kappa shape index (κ2) is 2.50. The van der Waals surface area contributed by atoms with Crippen LogP contribution in [0.25, 0.3) is 0 Å². The van der Waals surface area contributed by atoms with Crippen molar-refractivity contribution >= 4 is 0 Å². The van der Waals surface area contributed by atoms with Gasteiger partial charge in [0.05, 0.1) is 0 Å². The highest BCUT2D eigenvalue weighted by Gasteiger charge is 2.38. The average Bonchev–Trinajstić information content (AvgIpc) is 2.17. The van der Waals surface area contributed by atoms with Gasteiger partial charge in [0.25, 0.3) is 0 Å². The monoisotopic (exact) mass is 152 g/mol. The van der Waals surface area contributed by atoms with E-state index in [4.69, 9.17) is 0 Å². The minimum absolute atomic E-state index is 0.680. The molecule has 0 spiro atoms. The van der Waals surface area contributed by atoms with Crippen molar-refractivity contribution in [2.45, 2.75) is 52.4 Å². The van der Waals surface area contributed by atoms with Crippen LogP contribution in [0.4, 0.5) is 0 Å². The molecule has 2 atom stereocenters. The molecule has 0 heteroatoms. The van der Waals surface area contributed by atoms with Gasteiger partial charge in [0.1, 0.15) is 0 Å². The Morgan fingerprint density at radius 2 is 1.82 bits per heavy atom. The summed E-state index contributed by atoms with van der Waals surface area (Å²) in [5.74, 6) is 2.14. The van der Waals surface area contributed by atoms with Crippen LogP contribution in [0, 0.1) is 17.3 Å². The first kappa shape index (κ1) is 7.64. The maximum Gasteiger partial charge on any atom is -0.0323 e. The third-order valence-corrected chi connectivity index (χ3v) is 4.01. The summed E-state index contributed by atoms with van der Waals surface area (Å²) in [5, 5.41) is 0. The lowest BCUT2D eigenvalue weighted by molar-refractivity contribution is 0.114. The molecule has 0 aliphatic heterocycles. The van der Waals surface area contributed by atoms with E-state index in [1.54, 1.807) is 0 Å². The third-order valence-electron chi connectivity index (χ3n) is 4.01. The Morgan fingerprint density at radius 3 is 2.55 bits per heavy atom. The summed E-state index contributed by atoms with van der Waals surface area (Å²) < 4.78 is 0. The fraction of sp³-hybridized carbons (Fsp3) is 1.00. The topological polar surface area (TPSA) is 0 Å². The largest absolute Gasteiger partial charge is 0.0596 e. The summed E-state index contributed by atoms with van der Waals surface area (Å²) in [6.45, 7) is 4.96. The molecule has 11 heavy (non-hydrogen) atoms. The van der Waals surface area contributed by atoms with E-state index in [0.717, 1.165) is 11.8 Å². The molecule has 0 nitrogen and oxygen atoms in total. The zero-order chi connectivity index (χ0) is 7.90. The predicted molar refractivity (Wildman–Crippen MR) is 48.5 cm³/mol. The maximum absolute atomic E-state index is 2.48. The maximum atomic E-state index is 2.48. The Hall–Kier alpha value is 0. The number of hydrogen-bond donors (Lipinski definition) is 0. The van der Waals surface area contributed by atoms with E-state index in [9.17, 15) is 0 Å². The van der Waals surface area contributed by atoms with Gasteiger partial charge >= 0.3 is 0 Å². The minimum atomic E-state index is 0.680. The fourth-order valence-electron chi connectivity index (χ4n) is 3.27. The fourth-order valence-corrected chi connectivity index (χ4v) is 3.27. The zero-order valence-electron chi connectivity index (χ0n) is 7.90. The Balaban J connectivity index is 2.17. The van der Waals surface area contributed by atoms with E-state index >= 15 is 0 Å². The predicted octanol–water partition coefficient (Wildman–Crippen LogP) is 3.61. The van der Waals surface area contributed by atoms with Gasteiger partial charge in [-0.1, -0.05) is 33.1 Å². The van der Waals surface area contributed by atoms with Crippen molar-refractivity contribution in [1.82, 2.24) is 0 Å². The smallest absolute Gasteiger partial charge is 0.0323 e. The summed E-state index contributed by atoms with van der Waals surface area (Å²) in [7, 11) is 0. The molecule has 0 aromatic rings. The number of hydrogen-bond acceptors (Lipinski definition) is 0. The highest BCUT2D eigenvalue weighted by Crippen LogP contribution is 2.49. The normalized spacial score (nSPS) is 42.0. The van der Waals surface area contributed by atoms with Gasteiger partial charge in [-0.15, -0.1) is 0 Å². The van der Waals surface area contributed by atoms with Gasteiger partial charge in [-0.05, 0) is 36.5 Å². The first-order valence-electron chi connectivity index (χ1n) is 5.18. The second-order valence-electron chi connectivity index (χ2n) is 5.26. The SMILES string of the molecule is CC1(C)CC2CCCC1CC2. The quantitative estimate of drug-likeness (QED) is 0.497. The van der Waals surface area contributed by atoms with E-state index in [1.165, 1.54) is 38.5 Å². The van der Waals surface area contributed by atoms with Crippen molar-refractivity contribution in [2.24, 2.45) is 17.3 Å². The van der Waals surface area contributed by atoms with Gasteiger partial charge in [0.2, 0.25) is 0 Å². The Bertz CT molecular complexity index is 142. The molecule has 3 aliphatic rings. The molecule has 0 N–H and O–H groups in total. The van der Waals surface area contributed by atoms with Gasteiger partial charge in [-0.2, -0.15) is 0 Å². The van der Waals surface area contributed by atoms with Gasteiger partial charge in [-0.3, -0.25) is 0 Å². The molecular weight excluding hydrogens is 132 g/mol. The minimum Gasteiger partial charge on any atom is -0.0596 e. The van der Waals surface area contributed by atoms with Crippen molar-refractivity contribution in [3.05, 3.63) is 0 Å². The van der Waals surface area contributed by atoms with Crippen LogP contribution in [0.15, 0.2) is 0 Å². The van der Waals surface area contributed by atoms with E-state index in [2.05, 4.69) is 13.8 Å². The first-order chi connectivity index (χ1) is 5.18. The molecule has 2 unspecified atom stereocenters. The molecule has 0 amide bonds. The zero-order valence-corrected chi connectivity index (χ0v) is 7.90. The first-order valence-corrected chi connectivity index (χ1v) is 5.18. The lowest BCUT2D eigenvalue weighted by atomic mass is 9.66. The molecule has 0 aromatic heterocycles. The van der Waals surface area contributed by atoms with Crippen LogP contribution in [0.5, 0.6) is 0 Å². The van der Waals surface area contributed by atoms with Crippen molar-refractivity contribution < 1.29 is 0 Å². The Morgan fingerprint density at radius 1 is 1.00 bits per heavy atom. The van der Waals surface area contributed by atoms with E-state index in [0.29, 0.717) is 5.41 Å². The van der Waals surface area contributed by atoms with E-state index in [1.807, 2.05) is 0 Å². The van der Waals surface area contributed by atoms with Gasteiger partial charge in [0.15, 0.2) is 0 Å². The lowest BCUT2D eigenvalue weighted by Crippen LogP contribution is -2.29. The number of rotatable bonds is 0. The molecule has 64 valence electrons. The Kier molecular flexibility index (Phi) is 1.74. The van der Waals surface area contributed by atoms with Crippen molar-refractivity contribution in [3.63, 3.8) is 0 Å². The van der Waals surface area contributed by atoms with Crippen LogP contribution in [0.2, 0.25) is 0 Å². The molecule has 2 bridgehead atoms. The summed E-state index contributed by atoms with van der Waals surface area (Å²) in [4.78, 5) is 0. The molecule has 3 rings (SSSR count). The third kappa shape index (κ3) is 1.32. The van der Waals surface area contributed by atoms with Crippen LogP contribution in [0.1, 0.15) is 52.4 Å². The summed E-state index contributed by atoms with van der Waals surface area (Å²) >= 11 is 0. The summed E-state index contributed by atoms with van der Waals surface area (Å²) in [5.41, 5.74) is 0.680. The van der Waals surface area contributed by atoms with Crippen molar-refractivity contribution in [1.29, 1.82) is 0 Å². The molecule has 0 aromatic carbocycles. The summed E-state index contributed by atoms with van der Waals surface area (Å²) in [6, 6.07) is 0. The molecular formula is C11H20. The molecule has 3 fully saturated rings. The molecule has 3 aliphatic carbocycles. The molecule has 0 saturated heterocycles. The van der Waals surface area contributed by atoms with Crippen LogP contribution in [0.3, 0.4) is 0 Å². The second-order valence-corrected chi connectivity index (χ2v) is 5.26. The highest BCUT2D eigenvalue weighted by atomic mass is 14.4. The molecule has 3 saturated carbocycles. The van der Waals surface area contributed by atoms with Gasteiger partial charge in [-0.25, -0.2) is 0 Å². The van der Waals surface area contributed by atoms with E-state index < -0.39 is 0 Å². The summed E-state index contributed by atoms with van der Waals surface area (Å²) in [6.07, 6.45) is 9.13. The van der Waals surface area contributed by atoms with Crippen molar-refractivity contribution in [3.8, 4) is 0 Å². The standard InChI is InChI=1S/C11H20/c1-11(2)8-9-4-3-5-10(11)7-6-9/h9-10H,3-8H2,1-2H3. The van der Waals surface area contributed by atoms with Gasteiger partial charge < -0.3 is 0 Å². The van der Waals surface area contributed by atoms with Crippen LogP contribution >= 0.6 is 0 Å². The average molecular weight is 152 g/mol. The van der Waals surface area contributed by atoms with E-state index in [-0.39, 0.29) is 0 Å². The highest BCUT2D eigenvalue weighted by molar-refractivity contribution is 4.89. The van der Waals surface area contributed by atoms with Crippen molar-refractivity contribution in [2.75, 3.05) is 0 Å². The van der Waals surface area contributed by atoms with Crippen LogP contribution in [-0.4, -0.2) is 0 Å². The molecule has 0 heterocycles. The van der Waals surface area contributed by atoms with Crippen LogP contribution < -0.4 is 0 Å².